The molecular weight excluding hydrogens is 312 g/mol. The van der Waals surface area contributed by atoms with Crippen LogP contribution in [0.1, 0.15) is 11.1 Å². The van der Waals surface area contributed by atoms with E-state index in [0.29, 0.717) is 0 Å². The standard InChI is InChI=1S/C26H20/c1-3-11-21(12-4-1)19-20-23-15-7-8-16-25(23)26-18-10-9-17-24(26)22-13-5-2-6-14-22/h1-20H. The Labute approximate surface area is 155 Å². The first-order valence-electron chi connectivity index (χ1n) is 8.89. The molecule has 0 aromatic heterocycles. The average molecular weight is 332 g/mol. The topological polar surface area (TPSA) is 0 Å². The molecule has 0 bridgehead atoms. The lowest BCUT2D eigenvalue weighted by Crippen LogP contribution is -1.87. The van der Waals surface area contributed by atoms with Crippen LogP contribution in [0.15, 0.2) is 109 Å². The normalized spacial score (nSPS) is 10.9. The summed E-state index contributed by atoms with van der Waals surface area (Å²) in [4.78, 5) is 0. The lowest BCUT2D eigenvalue weighted by Gasteiger charge is -2.12. The molecular formula is C26H20. The average Bonchev–Trinajstić information content (AvgIpc) is 2.74. The Morgan fingerprint density at radius 1 is 0.385 bits per heavy atom. The molecule has 26 heavy (non-hydrogen) atoms. The minimum absolute atomic E-state index is 1.21. The zero-order valence-electron chi connectivity index (χ0n) is 14.5. The van der Waals surface area contributed by atoms with Gasteiger partial charge in [0.05, 0.1) is 0 Å². The van der Waals surface area contributed by atoms with Gasteiger partial charge in [-0.2, -0.15) is 0 Å². The molecule has 0 N–H and O–H groups in total. The van der Waals surface area contributed by atoms with Crippen molar-refractivity contribution in [2.75, 3.05) is 0 Å². The quantitative estimate of drug-likeness (QED) is 0.347. The first kappa shape index (κ1) is 16.1. The molecule has 4 aromatic carbocycles. The van der Waals surface area contributed by atoms with Crippen LogP contribution in [0.2, 0.25) is 0 Å². The van der Waals surface area contributed by atoms with Crippen LogP contribution in [-0.2, 0) is 0 Å². The third kappa shape index (κ3) is 3.50. The SMILES string of the molecule is C(=Cc1ccccc1-c1ccccc1-c1ccccc1)c1ccccc1. The summed E-state index contributed by atoms with van der Waals surface area (Å²) in [5, 5.41) is 0. The minimum Gasteiger partial charge on any atom is -0.0622 e. The second-order valence-electron chi connectivity index (χ2n) is 6.24. The predicted octanol–water partition coefficient (Wildman–Crippen LogP) is 7.19. The molecule has 0 aliphatic carbocycles. The fraction of sp³-hybridized carbons (Fsp3) is 0. The van der Waals surface area contributed by atoms with Gasteiger partial charge in [0, 0.05) is 0 Å². The van der Waals surface area contributed by atoms with Crippen molar-refractivity contribution < 1.29 is 0 Å². The second-order valence-corrected chi connectivity index (χ2v) is 6.24. The van der Waals surface area contributed by atoms with Gasteiger partial charge in [-0.15, -0.1) is 0 Å². The van der Waals surface area contributed by atoms with Crippen molar-refractivity contribution in [2.24, 2.45) is 0 Å². The molecule has 124 valence electrons. The van der Waals surface area contributed by atoms with E-state index in [-0.39, 0.29) is 0 Å². The van der Waals surface area contributed by atoms with E-state index in [9.17, 15) is 0 Å². The highest BCUT2D eigenvalue weighted by Crippen LogP contribution is 2.34. The molecule has 4 rings (SSSR count). The van der Waals surface area contributed by atoms with Crippen LogP contribution in [0.25, 0.3) is 34.4 Å². The summed E-state index contributed by atoms with van der Waals surface area (Å²) in [5.41, 5.74) is 7.43. The molecule has 0 unspecified atom stereocenters. The zero-order chi connectivity index (χ0) is 17.6. The summed E-state index contributed by atoms with van der Waals surface area (Å²) in [6, 6.07) is 38.2. The Kier molecular flexibility index (Phi) is 4.75. The van der Waals surface area contributed by atoms with Crippen molar-refractivity contribution in [3.63, 3.8) is 0 Å². The van der Waals surface area contributed by atoms with Crippen molar-refractivity contribution in [2.45, 2.75) is 0 Å². The summed E-state index contributed by atoms with van der Waals surface area (Å²) in [6.07, 6.45) is 4.37. The van der Waals surface area contributed by atoms with Gasteiger partial charge in [0.2, 0.25) is 0 Å². The molecule has 0 aliphatic heterocycles. The highest BCUT2D eigenvalue weighted by atomic mass is 14.1. The Balaban J connectivity index is 1.80. The fourth-order valence-electron chi connectivity index (χ4n) is 3.23. The van der Waals surface area contributed by atoms with Gasteiger partial charge in [-0.1, -0.05) is 121 Å². The van der Waals surface area contributed by atoms with Crippen molar-refractivity contribution in [3.05, 3.63) is 120 Å². The van der Waals surface area contributed by atoms with E-state index in [0.717, 1.165) is 0 Å². The highest BCUT2D eigenvalue weighted by Gasteiger charge is 2.09. The van der Waals surface area contributed by atoms with Crippen LogP contribution in [-0.4, -0.2) is 0 Å². The first-order valence-corrected chi connectivity index (χ1v) is 8.89. The van der Waals surface area contributed by atoms with Gasteiger partial charge >= 0.3 is 0 Å². The Morgan fingerprint density at radius 3 is 1.65 bits per heavy atom. The molecule has 0 nitrogen and oxygen atoms in total. The molecule has 0 heterocycles. The number of hydrogen-bond donors (Lipinski definition) is 0. The van der Waals surface area contributed by atoms with E-state index in [1.54, 1.807) is 0 Å². The van der Waals surface area contributed by atoms with E-state index >= 15 is 0 Å². The summed E-state index contributed by atoms with van der Waals surface area (Å²) in [5.74, 6) is 0. The molecule has 0 radical (unpaired) electrons. The number of hydrogen-bond acceptors (Lipinski definition) is 0. The summed E-state index contributed by atoms with van der Waals surface area (Å²) >= 11 is 0. The van der Waals surface area contributed by atoms with Gasteiger partial charge in [0.1, 0.15) is 0 Å². The van der Waals surface area contributed by atoms with Crippen molar-refractivity contribution >= 4 is 12.2 Å². The van der Waals surface area contributed by atoms with E-state index < -0.39 is 0 Å². The van der Waals surface area contributed by atoms with E-state index in [4.69, 9.17) is 0 Å². The van der Waals surface area contributed by atoms with Gasteiger partial charge in [-0.25, -0.2) is 0 Å². The monoisotopic (exact) mass is 332 g/mol. The Bertz CT molecular complexity index is 1010. The van der Waals surface area contributed by atoms with Crippen LogP contribution in [0.5, 0.6) is 0 Å². The smallest absolute Gasteiger partial charge is 0.00994 e. The molecule has 4 aromatic rings. The van der Waals surface area contributed by atoms with E-state index in [2.05, 4.69) is 115 Å². The van der Waals surface area contributed by atoms with Gasteiger partial charge in [0.25, 0.3) is 0 Å². The zero-order valence-corrected chi connectivity index (χ0v) is 14.5. The van der Waals surface area contributed by atoms with Gasteiger partial charge in [-0.3, -0.25) is 0 Å². The van der Waals surface area contributed by atoms with Crippen LogP contribution in [0, 0.1) is 0 Å². The Hall–Kier alpha value is -3.38. The van der Waals surface area contributed by atoms with Crippen LogP contribution in [0.4, 0.5) is 0 Å². The maximum Gasteiger partial charge on any atom is -0.00994 e. The molecule has 0 heteroatoms. The maximum absolute atomic E-state index is 2.21. The van der Waals surface area contributed by atoms with Gasteiger partial charge < -0.3 is 0 Å². The molecule has 0 saturated carbocycles. The third-order valence-corrected chi connectivity index (χ3v) is 4.52. The maximum atomic E-state index is 2.21. The summed E-state index contributed by atoms with van der Waals surface area (Å²) in [6.45, 7) is 0. The molecule has 0 aliphatic rings. The molecule has 0 atom stereocenters. The first-order chi connectivity index (χ1) is 12.9. The summed E-state index contributed by atoms with van der Waals surface area (Å²) < 4.78 is 0. The third-order valence-electron chi connectivity index (χ3n) is 4.52. The number of rotatable bonds is 4. The lowest BCUT2D eigenvalue weighted by atomic mass is 9.91. The lowest BCUT2D eigenvalue weighted by molar-refractivity contribution is 1.56. The predicted molar refractivity (Wildman–Crippen MR) is 113 cm³/mol. The number of benzene rings is 4. The van der Waals surface area contributed by atoms with Gasteiger partial charge in [-0.05, 0) is 33.4 Å². The summed E-state index contributed by atoms with van der Waals surface area (Å²) in [7, 11) is 0. The minimum atomic E-state index is 1.21. The van der Waals surface area contributed by atoms with E-state index in [1.807, 2.05) is 6.07 Å². The van der Waals surface area contributed by atoms with Crippen LogP contribution < -0.4 is 0 Å². The second kappa shape index (κ2) is 7.67. The van der Waals surface area contributed by atoms with Crippen molar-refractivity contribution in [3.8, 4) is 22.3 Å². The van der Waals surface area contributed by atoms with Crippen LogP contribution >= 0.6 is 0 Å². The molecule has 0 fully saturated rings. The fourth-order valence-corrected chi connectivity index (χ4v) is 3.23. The highest BCUT2D eigenvalue weighted by molar-refractivity contribution is 5.89. The Morgan fingerprint density at radius 2 is 0.923 bits per heavy atom. The largest absolute Gasteiger partial charge is 0.0622 e. The van der Waals surface area contributed by atoms with Crippen molar-refractivity contribution in [1.29, 1.82) is 0 Å². The van der Waals surface area contributed by atoms with Crippen LogP contribution in [0.3, 0.4) is 0 Å². The molecule has 0 amide bonds. The molecule has 0 saturated heterocycles. The molecule has 0 spiro atoms. The van der Waals surface area contributed by atoms with Crippen molar-refractivity contribution in [1.82, 2.24) is 0 Å². The van der Waals surface area contributed by atoms with E-state index in [1.165, 1.54) is 33.4 Å². The van der Waals surface area contributed by atoms with Gasteiger partial charge in [0.15, 0.2) is 0 Å².